The minimum absolute atomic E-state index is 0.138. The van der Waals surface area contributed by atoms with Crippen molar-refractivity contribution in [1.29, 1.82) is 0 Å². The van der Waals surface area contributed by atoms with Crippen LogP contribution >= 0.6 is 11.5 Å². The maximum absolute atomic E-state index is 14.3. The summed E-state index contributed by atoms with van der Waals surface area (Å²) in [7, 11) is 3.80. The molecule has 0 atom stereocenters. The molecule has 140 valence electrons. The summed E-state index contributed by atoms with van der Waals surface area (Å²) in [4.78, 5) is 20.1. The lowest BCUT2D eigenvalue weighted by atomic mass is 9.90. The Morgan fingerprint density at radius 3 is 2.69 bits per heavy atom. The second-order valence-electron chi connectivity index (χ2n) is 6.88. The van der Waals surface area contributed by atoms with E-state index in [1.54, 1.807) is 17.9 Å². The van der Waals surface area contributed by atoms with E-state index in [-0.39, 0.29) is 11.8 Å². The third-order valence-electron chi connectivity index (χ3n) is 4.70. The van der Waals surface area contributed by atoms with E-state index in [1.165, 1.54) is 11.5 Å². The number of rotatable bonds is 4. The lowest BCUT2D eigenvalue weighted by Crippen LogP contribution is -2.41. The molecule has 1 aliphatic rings. The highest BCUT2D eigenvalue weighted by atomic mass is 32.1. The number of urea groups is 1. The maximum atomic E-state index is 14.3. The van der Waals surface area contributed by atoms with Crippen molar-refractivity contribution in [3.8, 4) is 0 Å². The Kier molecular flexibility index (Phi) is 5.70. The fraction of sp³-hybridized carbons (Fsp3) is 0.500. The van der Waals surface area contributed by atoms with Gasteiger partial charge in [0.1, 0.15) is 11.6 Å². The Labute approximate surface area is 157 Å². The van der Waals surface area contributed by atoms with Crippen molar-refractivity contribution in [1.82, 2.24) is 14.3 Å². The number of amides is 2. The molecular formula is C18H24FN5OS. The van der Waals surface area contributed by atoms with E-state index < -0.39 is 0 Å². The minimum Gasteiger partial charge on any atom is -0.378 e. The molecule has 0 saturated carbocycles. The highest BCUT2D eigenvalue weighted by Crippen LogP contribution is 2.25. The van der Waals surface area contributed by atoms with Gasteiger partial charge in [0.25, 0.3) is 0 Å². The summed E-state index contributed by atoms with van der Waals surface area (Å²) in [6.45, 7) is 3.14. The van der Waals surface area contributed by atoms with E-state index in [1.807, 2.05) is 31.1 Å². The summed E-state index contributed by atoms with van der Waals surface area (Å²) in [5.74, 6) is 0.900. The lowest BCUT2D eigenvalue weighted by molar-refractivity contribution is 0.182. The summed E-state index contributed by atoms with van der Waals surface area (Å²) in [6.07, 6.45) is 2.46. The quantitative estimate of drug-likeness (QED) is 0.885. The number of nitrogens with zero attached hydrogens (tertiary/aromatic N) is 4. The van der Waals surface area contributed by atoms with Crippen molar-refractivity contribution >= 4 is 28.4 Å². The van der Waals surface area contributed by atoms with Crippen LogP contribution in [0.15, 0.2) is 18.2 Å². The Morgan fingerprint density at radius 1 is 1.38 bits per heavy atom. The zero-order valence-electron chi connectivity index (χ0n) is 15.3. The number of benzene rings is 1. The topological polar surface area (TPSA) is 61.4 Å². The average Bonchev–Trinajstić information content (AvgIpc) is 3.02. The number of aryl methyl sites for hydroxylation is 1. The molecule has 0 aliphatic carbocycles. The number of halogens is 1. The first kappa shape index (κ1) is 18.6. The van der Waals surface area contributed by atoms with Crippen molar-refractivity contribution in [2.45, 2.75) is 26.2 Å². The number of carbonyl (C=O) groups excluding carboxylic acids is 1. The number of carbonyl (C=O) groups is 1. The molecule has 1 aliphatic heterocycles. The summed E-state index contributed by atoms with van der Waals surface area (Å²) in [6, 6.07) is 5.27. The zero-order chi connectivity index (χ0) is 18.7. The van der Waals surface area contributed by atoms with Crippen molar-refractivity contribution in [3.63, 3.8) is 0 Å². The number of hydrogen-bond donors (Lipinski definition) is 1. The smallest absolute Gasteiger partial charge is 0.323 e. The van der Waals surface area contributed by atoms with Crippen molar-refractivity contribution in [2.24, 2.45) is 5.92 Å². The molecule has 2 amide bonds. The van der Waals surface area contributed by atoms with Gasteiger partial charge in [-0.15, -0.1) is 0 Å². The van der Waals surface area contributed by atoms with Crippen molar-refractivity contribution in [3.05, 3.63) is 35.4 Å². The summed E-state index contributed by atoms with van der Waals surface area (Å²) < 4.78 is 18.4. The van der Waals surface area contributed by atoms with Crippen LogP contribution in [-0.2, 0) is 6.42 Å². The van der Waals surface area contributed by atoms with Crippen LogP contribution in [0.2, 0.25) is 0 Å². The van der Waals surface area contributed by atoms with Gasteiger partial charge in [-0.1, -0.05) is 6.07 Å². The van der Waals surface area contributed by atoms with Gasteiger partial charge in [-0.05, 0) is 49.8 Å². The molecule has 3 rings (SSSR count). The van der Waals surface area contributed by atoms with E-state index in [2.05, 4.69) is 14.7 Å². The van der Waals surface area contributed by atoms with Gasteiger partial charge in [0, 0.05) is 44.4 Å². The van der Waals surface area contributed by atoms with Gasteiger partial charge >= 0.3 is 6.03 Å². The van der Waals surface area contributed by atoms with E-state index in [9.17, 15) is 9.18 Å². The summed E-state index contributed by atoms with van der Waals surface area (Å²) in [5, 5.41) is 3.32. The molecule has 6 nitrogen and oxygen atoms in total. The van der Waals surface area contributed by atoms with Crippen LogP contribution in [0, 0.1) is 18.7 Å². The molecule has 8 heteroatoms. The third-order valence-corrected chi connectivity index (χ3v) is 5.43. The SMILES string of the molecule is Cc1nsc(NC(=O)N2CCC(Cc3ccc(N(C)C)cc3F)CC2)n1. The largest absolute Gasteiger partial charge is 0.378 e. The molecule has 2 aromatic rings. The fourth-order valence-electron chi connectivity index (χ4n) is 3.15. The lowest BCUT2D eigenvalue weighted by Gasteiger charge is -2.32. The van der Waals surface area contributed by atoms with Crippen molar-refractivity contribution < 1.29 is 9.18 Å². The highest BCUT2D eigenvalue weighted by Gasteiger charge is 2.24. The normalized spacial score (nSPS) is 15.2. The van der Waals surface area contributed by atoms with Crippen molar-refractivity contribution in [2.75, 3.05) is 37.4 Å². The molecule has 0 bridgehead atoms. The third kappa shape index (κ3) is 4.49. The predicted octanol–water partition coefficient (Wildman–Crippen LogP) is 3.54. The van der Waals surface area contributed by atoms with Gasteiger partial charge in [-0.25, -0.2) is 14.2 Å². The number of aromatic nitrogens is 2. The standard InChI is InChI=1S/C18H24FN5OS/c1-12-20-17(26-22-12)21-18(25)24-8-6-13(7-9-24)10-14-4-5-15(23(2)3)11-16(14)19/h4-5,11,13H,6-10H2,1-3H3,(H,20,21,22,25). The molecule has 0 unspecified atom stereocenters. The summed E-state index contributed by atoms with van der Waals surface area (Å²) in [5.41, 5.74) is 1.62. The van der Waals surface area contributed by atoms with Crippen LogP contribution in [-0.4, -0.2) is 47.5 Å². The Hall–Kier alpha value is -2.22. The van der Waals surface area contributed by atoms with Crippen LogP contribution in [0.5, 0.6) is 0 Å². The van der Waals surface area contributed by atoms with E-state index in [0.717, 1.165) is 24.1 Å². The van der Waals surface area contributed by atoms with Crippen LogP contribution in [0.3, 0.4) is 0 Å². The minimum atomic E-state index is -0.150. The Morgan fingerprint density at radius 2 is 2.12 bits per heavy atom. The van der Waals surface area contributed by atoms with Crippen LogP contribution in [0.4, 0.5) is 20.0 Å². The molecule has 1 saturated heterocycles. The second kappa shape index (κ2) is 7.99. The molecule has 0 spiro atoms. The molecular weight excluding hydrogens is 353 g/mol. The van der Waals surface area contributed by atoms with Gasteiger partial charge in [-0.3, -0.25) is 5.32 Å². The van der Waals surface area contributed by atoms with Gasteiger partial charge < -0.3 is 9.80 Å². The molecule has 2 heterocycles. The Balaban J connectivity index is 1.51. The first-order chi connectivity index (χ1) is 12.4. The average molecular weight is 377 g/mol. The summed E-state index contributed by atoms with van der Waals surface area (Å²) >= 11 is 1.18. The molecule has 1 fully saturated rings. The Bertz CT molecular complexity index is 771. The van der Waals surface area contributed by atoms with Crippen LogP contribution in [0.1, 0.15) is 24.2 Å². The highest BCUT2D eigenvalue weighted by molar-refractivity contribution is 7.09. The van der Waals surface area contributed by atoms with Gasteiger partial charge in [0.05, 0.1) is 0 Å². The number of piperidine rings is 1. The van der Waals surface area contributed by atoms with E-state index >= 15 is 0 Å². The number of nitrogens with one attached hydrogen (secondary N) is 1. The van der Waals surface area contributed by atoms with E-state index in [0.29, 0.717) is 36.4 Å². The second-order valence-corrected chi connectivity index (χ2v) is 7.63. The van der Waals surface area contributed by atoms with Crippen LogP contribution < -0.4 is 10.2 Å². The molecule has 0 radical (unpaired) electrons. The molecule has 1 N–H and O–H groups in total. The monoisotopic (exact) mass is 377 g/mol. The predicted molar refractivity (Wildman–Crippen MR) is 102 cm³/mol. The van der Waals surface area contributed by atoms with Gasteiger partial charge in [0.2, 0.25) is 5.13 Å². The molecule has 26 heavy (non-hydrogen) atoms. The zero-order valence-corrected chi connectivity index (χ0v) is 16.1. The van der Waals surface area contributed by atoms with Crippen LogP contribution in [0.25, 0.3) is 0 Å². The number of hydrogen-bond acceptors (Lipinski definition) is 5. The van der Waals surface area contributed by atoms with E-state index in [4.69, 9.17) is 0 Å². The van der Waals surface area contributed by atoms with Gasteiger partial charge in [-0.2, -0.15) is 4.37 Å². The molecule has 1 aromatic carbocycles. The molecule has 1 aromatic heterocycles. The maximum Gasteiger partial charge on any atom is 0.323 e. The first-order valence-corrected chi connectivity index (χ1v) is 9.51. The first-order valence-electron chi connectivity index (χ1n) is 8.74. The van der Waals surface area contributed by atoms with Gasteiger partial charge in [0.15, 0.2) is 0 Å². The number of likely N-dealkylation sites (tertiary alicyclic amines) is 1. The fourth-order valence-corrected chi connectivity index (χ4v) is 3.71. The number of anilines is 2.